The summed E-state index contributed by atoms with van der Waals surface area (Å²) < 4.78 is 11.3. The molecule has 24 heavy (non-hydrogen) atoms. The summed E-state index contributed by atoms with van der Waals surface area (Å²) >= 11 is 0. The number of nitrogens with zero attached hydrogens (tertiary/aromatic N) is 1. The number of ether oxygens (including phenoxy) is 1. The van der Waals surface area contributed by atoms with Gasteiger partial charge in [-0.05, 0) is 44.0 Å². The van der Waals surface area contributed by atoms with Crippen molar-refractivity contribution in [2.75, 3.05) is 19.7 Å². The molecule has 4 nitrogen and oxygen atoms in total. The van der Waals surface area contributed by atoms with Gasteiger partial charge in [0.05, 0.1) is 18.8 Å². The molecule has 1 aromatic heterocycles. The summed E-state index contributed by atoms with van der Waals surface area (Å²) in [5.74, 6) is 1.95. The van der Waals surface area contributed by atoms with Crippen LogP contribution in [-0.2, 0) is 17.8 Å². The van der Waals surface area contributed by atoms with Gasteiger partial charge in [0.2, 0.25) is 0 Å². The van der Waals surface area contributed by atoms with Crippen LogP contribution in [0.25, 0.3) is 0 Å². The third kappa shape index (κ3) is 4.69. The highest BCUT2D eigenvalue weighted by atomic mass is 16.5. The molecule has 1 fully saturated rings. The van der Waals surface area contributed by atoms with Crippen molar-refractivity contribution in [3.63, 3.8) is 0 Å². The second-order valence-corrected chi connectivity index (χ2v) is 6.79. The molecule has 1 aromatic carbocycles. The third-order valence-corrected chi connectivity index (χ3v) is 4.52. The van der Waals surface area contributed by atoms with E-state index in [0.717, 1.165) is 44.3 Å². The molecule has 130 valence electrons. The van der Waals surface area contributed by atoms with Gasteiger partial charge in [0.15, 0.2) is 0 Å². The Morgan fingerprint density at radius 3 is 2.83 bits per heavy atom. The predicted octanol–water partition coefficient (Wildman–Crippen LogP) is 3.66. The molecular weight excluding hydrogens is 300 g/mol. The van der Waals surface area contributed by atoms with E-state index in [2.05, 4.69) is 48.3 Å². The minimum atomic E-state index is 0.211. The summed E-state index contributed by atoms with van der Waals surface area (Å²) in [5, 5.41) is 3.54. The number of hydrogen-bond donors (Lipinski definition) is 1. The lowest BCUT2D eigenvalue weighted by Crippen LogP contribution is -2.40. The fourth-order valence-corrected chi connectivity index (χ4v) is 3.19. The molecule has 0 saturated carbocycles. The van der Waals surface area contributed by atoms with E-state index in [1.54, 1.807) is 0 Å². The van der Waals surface area contributed by atoms with E-state index >= 15 is 0 Å². The average Bonchev–Trinajstić information content (AvgIpc) is 3.00. The molecule has 4 heteroatoms. The summed E-state index contributed by atoms with van der Waals surface area (Å²) in [6, 6.07) is 13.1. The molecular formula is C20H28N2O2. The van der Waals surface area contributed by atoms with Crippen LogP contribution in [0.2, 0.25) is 0 Å². The minimum absolute atomic E-state index is 0.211. The van der Waals surface area contributed by atoms with Gasteiger partial charge in [-0.2, -0.15) is 0 Å². The largest absolute Gasteiger partial charge is 0.465 e. The lowest BCUT2D eigenvalue weighted by atomic mass is 10.1. The number of benzene rings is 1. The van der Waals surface area contributed by atoms with Gasteiger partial charge in [-0.25, -0.2) is 0 Å². The highest BCUT2D eigenvalue weighted by molar-refractivity contribution is 5.23. The fraction of sp³-hybridized carbons (Fsp3) is 0.500. The third-order valence-electron chi connectivity index (χ3n) is 4.52. The second-order valence-electron chi connectivity index (χ2n) is 6.79. The lowest BCUT2D eigenvalue weighted by molar-refractivity contribution is -0.0212. The van der Waals surface area contributed by atoms with Gasteiger partial charge in [-0.15, -0.1) is 0 Å². The molecule has 0 radical (unpaired) electrons. The maximum absolute atomic E-state index is 5.69. The molecule has 1 aliphatic rings. The highest BCUT2D eigenvalue weighted by Gasteiger charge is 2.16. The van der Waals surface area contributed by atoms with E-state index in [4.69, 9.17) is 9.15 Å². The maximum Gasteiger partial charge on any atom is 0.120 e. The summed E-state index contributed by atoms with van der Waals surface area (Å²) in [7, 11) is 0. The van der Waals surface area contributed by atoms with Crippen molar-refractivity contribution >= 4 is 0 Å². The second kappa shape index (κ2) is 7.97. The Morgan fingerprint density at radius 2 is 2.08 bits per heavy atom. The Bertz CT molecular complexity index is 653. The monoisotopic (exact) mass is 328 g/mol. The first kappa shape index (κ1) is 17.2. The first-order chi connectivity index (χ1) is 11.6. The zero-order chi connectivity index (χ0) is 16.9. The SMILES string of the molecule is Cc1ccc([C@H](C)NCc2cccc(CN3CCO[C@@H](C)C3)c2)o1. The molecule has 0 spiro atoms. The number of aryl methyl sites for hydroxylation is 1. The van der Waals surface area contributed by atoms with Crippen LogP contribution in [0.15, 0.2) is 40.8 Å². The van der Waals surface area contributed by atoms with Crippen LogP contribution >= 0.6 is 0 Å². The van der Waals surface area contributed by atoms with Crippen LogP contribution in [-0.4, -0.2) is 30.7 Å². The summed E-state index contributed by atoms with van der Waals surface area (Å²) in [4.78, 5) is 2.47. The van der Waals surface area contributed by atoms with E-state index < -0.39 is 0 Å². The molecule has 2 aromatic rings. The fourth-order valence-electron chi connectivity index (χ4n) is 3.19. The van der Waals surface area contributed by atoms with Crippen LogP contribution < -0.4 is 5.32 Å². The number of rotatable bonds is 6. The van der Waals surface area contributed by atoms with Gasteiger partial charge in [-0.3, -0.25) is 4.90 Å². The Morgan fingerprint density at radius 1 is 1.25 bits per heavy atom. The minimum Gasteiger partial charge on any atom is -0.465 e. The Hall–Kier alpha value is -1.62. The van der Waals surface area contributed by atoms with E-state index in [9.17, 15) is 0 Å². The smallest absolute Gasteiger partial charge is 0.120 e. The lowest BCUT2D eigenvalue weighted by Gasteiger charge is -2.31. The molecule has 1 saturated heterocycles. The van der Waals surface area contributed by atoms with Crippen molar-refractivity contribution in [3.05, 3.63) is 59.0 Å². The van der Waals surface area contributed by atoms with Crippen molar-refractivity contribution < 1.29 is 9.15 Å². The summed E-state index contributed by atoms with van der Waals surface area (Å²) in [5.41, 5.74) is 2.67. The molecule has 1 aliphatic heterocycles. The maximum atomic E-state index is 5.69. The molecule has 0 amide bonds. The first-order valence-electron chi connectivity index (χ1n) is 8.81. The molecule has 1 N–H and O–H groups in total. The first-order valence-corrected chi connectivity index (χ1v) is 8.81. The number of hydrogen-bond acceptors (Lipinski definition) is 4. The van der Waals surface area contributed by atoms with Gasteiger partial charge < -0.3 is 14.5 Å². The van der Waals surface area contributed by atoms with Crippen LogP contribution in [0.4, 0.5) is 0 Å². The Labute approximate surface area is 144 Å². The molecule has 2 atom stereocenters. The van der Waals surface area contributed by atoms with Gasteiger partial charge in [0.25, 0.3) is 0 Å². The summed E-state index contributed by atoms with van der Waals surface area (Å²) in [6.45, 7) is 11.0. The van der Waals surface area contributed by atoms with Gasteiger partial charge in [-0.1, -0.05) is 24.3 Å². The van der Waals surface area contributed by atoms with Crippen molar-refractivity contribution in [2.45, 2.75) is 46.0 Å². The molecule has 2 heterocycles. The zero-order valence-corrected chi connectivity index (χ0v) is 14.9. The van der Waals surface area contributed by atoms with E-state index in [-0.39, 0.29) is 6.04 Å². The zero-order valence-electron chi connectivity index (χ0n) is 14.9. The van der Waals surface area contributed by atoms with Crippen LogP contribution in [0.5, 0.6) is 0 Å². The van der Waals surface area contributed by atoms with Crippen LogP contribution in [0.3, 0.4) is 0 Å². The highest BCUT2D eigenvalue weighted by Crippen LogP contribution is 2.17. The standard InChI is InChI=1S/C20H28N2O2/c1-15-7-8-20(24-15)17(3)21-12-18-5-4-6-19(11-18)14-22-9-10-23-16(2)13-22/h4-8,11,16-17,21H,9-10,12-14H2,1-3H3/t16-,17-/m0/s1. The normalized spacial score (nSPS) is 20.2. The van der Waals surface area contributed by atoms with Crippen LogP contribution in [0.1, 0.15) is 42.5 Å². The van der Waals surface area contributed by atoms with Crippen molar-refractivity contribution in [1.82, 2.24) is 10.2 Å². The van der Waals surface area contributed by atoms with E-state index in [0.29, 0.717) is 6.10 Å². The number of morpholine rings is 1. The van der Waals surface area contributed by atoms with Gasteiger partial charge >= 0.3 is 0 Å². The molecule has 0 bridgehead atoms. The van der Waals surface area contributed by atoms with Crippen molar-refractivity contribution in [2.24, 2.45) is 0 Å². The summed E-state index contributed by atoms with van der Waals surface area (Å²) in [6.07, 6.45) is 0.334. The number of furan rings is 1. The van der Waals surface area contributed by atoms with Gasteiger partial charge in [0.1, 0.15) is 11.5 Å². The molecule has 0 aliphatic carbocycles. The number of nitrogens with one attached hydrogen (secondary N) is 1. The molecule has 3 rings (SSSR count). The van der Waals surface area contributed by atoms with E-state index in [1.807, 2.05) is 19.1 Å². The van der Waals surface area contributed by atoms with E-state index in [1.165, 1.54) is 11.1 Å². The average molecular weight is 328 g/mol. The predicted molar refractivity (Wildman–Crippen MR) is 95.8 cm³/mol. The Kier molecular flexibility index (Phi) is 5.72. The Balaban J connectivity index is 1.55. The van der Waals surface area contributed by atoms with Crippen LogP contribution in [0, 0.1) is 6.92 Å². The van der Waals surface area contributed by atoms with Gasteiger partial charge in [0, 0.05) is 26.2 Å². The van der Waals surface area contributed by atoms with Crippen molar-refractivity contribution in [3.8, 4) is 0 Å². The quantitative estimate of drug-likeness (QED) is 0.878. The topological polar surface area (TPSA) is 37.6 Å². The van der Waals surface area contributed by atoms with Crippen molar-refractivity contribution in [1.29, 1.82) is 0 Å². The molecule has 0 unspecified atom stereocenters.